The zero-order chi connectivity index (χ0) is 13.9. The minimum absolute atomic E-state index is 0.110. The summed E-state index contributed by atoms with van der Waals surface area (Å²) in [4.78, 5) is 0.110. The van der Waals surface area contributed by atoms with Crippen LogP contribution < -0.4 is 4.74 Å². The lowest BCUT2D eigenvalue weighted by atomic mass is 10.3. The summed E-state index contributed by atoms with van der Waals surface area (Å²) in [6, 6.07) is 12.5. The van der Waals surface area contributed by atoms with E-state index in [1.807, 2.05) is 0 Å². The molecule has 100 valence electrons. The van der Waals surface area contributed by atoms with Crippen LogP contribution in [0.2, 0.25) is 5.02 Å². The van der Waals surface area contributed by atoms with Gasteiger partial charge in [0, 0.05) is 4.90 Å². The second kappa shape index (κ2) is 5.75. The molecule has 0 amide bonds. The van der Waals surface area contributed by atoms with Gasteiger partial charge in [0.2, 0.25) is 0 Å². The summed E-state index contributed by atoms with van der Waals surface area (Å²) in [5.74, 6) is 0.889. The highest BCUT2D eigenvalue weighted by Gasteiger charge is 2.29. The van der Waals surface area contributed by atoms with Gasteiger partial charge in [-0.3, -0.25) is 0 Å². The van der Waals surface area contributed by atoms with E-state index in [9.17, 15) is 13.2 Å². The Bertz CT molecular complexity index is 555. The van der Waals surface area contributed by atoms with Crippen LogP contribution in [0, 0.1) is 0 Å². The van der Waals surface area contributed by atoms with Gasteiger partial charge in [-0.25, -0.2) is 0 Å². The van der Waals surface area contributed by atoms with Crippen molar-refractivity contribution >= 4 is 23.4 Å². The van der Waals surface area contributed by atoms with Crippen LogP contribution >= 0.6 is 23.4 Å². The van der Waals surface area contributed by atoms with Gasteiger partial charge in [0.1, 0.15) is 11.5 Å². The standard InChI is InChI=1S/C13H8ClF3OS/c14-11-3-1-2-4-12(11)18-9-5-7-10(8-6-9)19-13(15,16)17/h1-8H. The van der Waals surface area contributed by atoms with Crippen LogP contribution in [0.4, 0.5) is 13.2 Å². The van der Waals surface area contributed by atoms with E-state index in [-0.39, 0.29) is 16.7 Å². The smallest absolute Gasteiger partial charge is 0.446 e. The Morgan fingerprint density at radius 2 is 1.58 bits per heavy atom. The highest BCUT2D eigenvalue weighted by atomic mass is 35.5. The summed E-state index contributed by atoms with van der Waals surface area (Å²) >= 11 is 5.75. The van der Waals surface area contributed by atoms with E-state index >= 15 is 0 Å². The fraction of sp³-hybridized carbons (Fsp3) is 0.0769. The third-order valence-corrected chi connectivity index (χ3v) is 3.17. The lowest BCUT2D eigenvalue weighted by Gasteiger charge is -2.09. The van der Waals surface area contributed by atoms with Gasteiger partial charge >= 0.3 is 5.51 Å². The fourth-order valence-corrected chi connectivity index (χ4v) is 2.08. The topological polar surface area (TPSA) is 9.23 Å². The van der Waals surface area contributed by atoms with Crippen LogP contribution in [-0.2, 0) is 0 Å². The first-order valence-electron chi connectivity index (χ1n) is 5.22. The summed E-state index contributed by atoms with van der Waals surface area (Å²) in [6.45, 7) is 0. The van der Waals surface area contributed by atoms with Gasteiger partial charge in [-0.1, -0.05) is 23.7 Å². The van der Waals surface area contributed by atoms with Crippen LogP contribution in [0.3, 0.4) is 0 Å². The molecule has 0 heterocycles. The van der Waals surface area contributed by atoms with Gasteiger partial charge in [-0.15, -0.1) is 0 Å². The minimum Gasteiger partial charge on any atom is -0.456 e. The molecule has 0 saturated carbocycles. The molecule has 0 N–H and O–H groups in total. The first-order valence-corrected chi connectivity index (χ1v) is 6.42. The van der Waals surface area contributed by atoms with E-state index in [4.69, 9.17) is 16.3 Å². The van der Waals surface area contributed by atoms with Gasteiger partial charge in [0.05, 0.1) is 5.02 Å². The Balaban J connectivity index is 2.09. The summed E-state index contributed by atoms with van der Waals surface area (Å²) < 4.78 is 41.9. The van der Waals surface area contributed by atoms with Gasteiger partial charge in [0.15, 0.2) is 0 Å². The van der Waals surface area contributed by atoms with Crippen LogP contribution in [0.15, 0.2) is 53.4 Å². The van der Waals surface area contributed by atoms with Crippen molar-refractivity contribution in [1.29, 1.82) is 0 Å². The predicted molar refractivity (Wildman–Crippen MR) is 69.9 cm³/mol. The van der Waals surface area contributed by atoms with E-state index in [0.717, 1.165) is 0 Å². The summed E-state index contributed by atoms with van der Waals surface area (Å²) in [6.07, 6.45) is 0. The van der Waals surface area contributed by atoms with Crippen molar-refractivity contribution in [3.63, 3.8) is 0 Å². The molecule has 0 saturated heterocycles. The van der Waals surface area contributed by atoms with Crippen molar-refractivity contribution in [3.8, 4) is 11.5 Å². The monoisotopic (exact) mass is 304 g/mol. The summed E-state index contributed by atoms with van der Waals surface area (Å²) in [5.41, 5.74) is -4.29. The molecule has 0 aromatic heterocycles. The molecule has 0 aliphatic carbocycles. The molecule has 2 aromatic carbocycles. The Kier molecular flexibility index (Phi) is 4.27. The Labute approximate surface area is 117 Å². The number of ether oxygens (including phenoxy) is 1. The molecule has 0 radical (unpaired) electrons. The number of hydrogen-bond acceptors (Lipinski definition) is 2. The minimum atomic E-state index is -4.29. The second-order valence-electron chi connectivity index (χ2n) is 3.55. The molecule has 0 bridgehead atoms. The first-order chi connectivity index (χ1) is 8.94. The van der Waals surface area contributed by atoms with Crippen molar-refractivity contribution in [2.45, 2.75) is 10.4 Å². The van der Waals surface area contributed by atoms with Crippen LogP contribution in [0.5, 0.6) is 11.5 Å². The molecule has 19 heavy (non-hydrogen) atoms. The predicted octanol–water partition coefficient (Wildman–Crippen LogP) is 5.74. The van der Waals surface area contributed by atoms with E-state index in [2.05, 4.69) is 0 Å². The van der Waals surface area contributed by atoms with Gasteiger partial charge in [-0.2, -0.15) is 13.2 Å². The molecular weight excluding hydrogens is 297 g/mol. The number of halogens is 4. The number of alkyl halides is 3. The second-order valence-corrected chi connectivity index (χ2v) is 5.10. The number of benzene rings is 2. The van der Waals surface area contributed by atoms with Crippen molar-refractivity contribution < 1.29 is 17.9 Å². The van der Waals surface area contributed by atoms with Gasteiger partial charge < -0.3 is 4.74 Å². The number of rotatable bonds is 3. The number of thioether (sulfide) groups is 1. The lowest BCUT2D eigenvalue weighted by Crippen LogP contribution is -1.98. The summed E-state index contributed by atoms with van der Waals surface area (Å²) in [7, 11) is 0. The molecule has 0 atom stereocenters. The first kappa shape index (κ1) is 14.1. The maximum Gasteiger partial charge on any atom is 0.446 e. The maximum atomic E-state index is 12.2. The van der Waals surface area contributed by atoms with E-state index in [1.54, 1.807) is 24.3 Å². The molecule has 0 aliphatic heterocycles. The molecule has 2 rings (SSSR count). The normalized spacial score (nSPS) is 11.4. The SMILES string of the molecule is FC(F)(F)Sc1ccc(Oc2ccccc2Cl)cc1. The largest absolute Gasteiger partial charge is 0.456 e. The number of para-hydroxylation sites is 1. The highest BCUT2D eigenvalue weighted by molar-refractivity contribution is 8.00. The quantitative estimate of drug-likeness (QED) is 0.668. The van der Waals surface area contributed by atoms with Crippen molar-refractivity contribution in [2.24, 2.45) is 0 Å². The average Bonchev–Trinajstić information content (AvgIpc) is 2.33. The molecule has 0 aliphatic rings. The molecule has 1 nitrogen and oxygen atoms in total. The van der Waals surface area contributed by atoms with Gasteiger partial charge in [0.25, 0.3) is 0 Å². The van der Waals surface area contributed by atoms with Crippen LogP contribution in [0.25, 0.3) is 0 Å². The van der Waals surface area contributed by atoms with Gasteiger partial charge in [-0.05, 0) is 48.2 Å². The molecule has 0 fully saturated rings. The van der Waals surface area contributed by atoms with Crippen LogP contribution in [-0.4, -0.2) is 5.51 Å². The Morgan fingerprint density at radius 1 is 0.947 bits per heavy atom. The van der Waals surface area contributed by atoms with E-state index < -0.39 is 5.51 Å². The number of hydrogen-bond donors (Lipinski definition) is 0. The molecule has 0 spiro atoms. The Morgan fingerprint density at radius 3 is 2.16 bits per heavy atom. The van der Waals surface area contributed by atoms with Crippen molar-refractivity contribution in [3.05, 3.63) is 53.6 Å². The Hall–Kier alpha value is -1.33. The van der Waals surface area contributed by atoms with Crippen molar-refractivity contribution in [1.82, 2.24) is 0 Å². The molecule has 2 aromatic rings. The zero-order valence-electron chi connectivity index (χ0n) is 9.45. The third kappa shape index (κ3) is 4.36. The third-order valence-electron chi connectivity index (χ3n) is 2.12. The molecule has 0 unspecified atom stereocenters. The summed E-state index contributed by atoms with van der Waals surface area (Å²) in [5, 5.41) is 0.441. The lowest BCUT2D eigenvalue weighted by molar-refractivity contribution is -0.0328. The zero-order valence-corrected chi connectivity index (χ0v) is 11.0. The molecular formula is C13H8ClF3OS. The average molecular weight is 305 g/mol. The molecule has 6 heteroatoms. The van der Waals surface area contributed by atoms with Crippen LogP contribution in [0.1, 0.15) is 0 Å². The van der Waals surface area contributed by atoms with E-state index in [1.165, 1.54) is 24.3 Å². The highest BCUT2D eigenvalue weighted by Crippen LogP contribution is 2.38. The maximum absolute atomic E-state index is 12.2. The van der Waals surface area contributed by atoms with E-state index in [0.29, 0.717) is 16.5 Å². The van der Waals surface area contributed by atoms with Crippen molar-refractivity contribution in [2.75, 3.05) is 0 Å². The fourth-order valence-electron chi connectivity index (χ4n) is 1.36.